The Morgan fingerprint density at radius 1 is 1.26 bits per heavy atom. The first-order chi connectivity index (χ1) is 13.1. The van der Waals surface area contributed by atoms with Crippen LogP contribution >= 0.6 is 11.3 Å². The normalized spacial score (nSPS) is 15.8. The summed E-state index contributed by atoms with van der Waals surface area (Å²) >= 11 is 1.42. The highest BCUT2D eigenvalue weighted by molar-refractivity contribution is 7.15. The number of rotatable bonds is 5. The molecule has 0 spiro atoms. The minimum Gasteiger partial charge on any atom is -0.334 e. The van der Waals surface area contributed by atoms with Gasteiger partial charge in [0, 0.05) is 5.56 Å². The van der Waals surface area contributed by atoms with Crippen LogP contribution in [-0.2, 0) is 12.0 Å². The molecule has 0 saturated heterocycles. The summed E-state index contributed by atoms with van der Waals surface area (Å²) < 4.78 is 5.46. The van der Waals surface area contributed by atoms with Gasteiger partial charge >= 0.3 is 0 Å². The fourth-order valence-corrected chi connectivity index (χ4v) is 4.18. The predicted octanol–water partition coefficient (Wildman–Crippen LogP) is 4.34. The second kappa shape index (κ2) is 7.25. The van der Waals surface area contributed by atoms with Crippen molar-refractivity contribution in [3.63, 3.8) is 0 Å². The van der Waals surface area contributed by atoms with Crippen LogP contribution in [0.1, 0.15) is 54.4 Å². The maximum atomic E-state index is 12.6. The Hall–Kier alpha value is -2.51. The number of carbonyl (C=O) groups is 1. The van der Waals surface area contributed by atoms with E-state index < -0.39 is 5.54 Å². The lowest BCUT2D eigenvalue weighted by Gasteiger charge is -2.17. The monoisotopic (exact) mass is 382 g/mol. The van der Waals surface area contributed by atoms with E-state index in [4.69, 9.17) is 10.3 Å². The average molecular weight is 382 g/mol. The summed E-state index contributed by atoms with van der Waals surface area (Å²) in [6.45, 7) is 2.09. The fraction of sp³-hybridized carbons (Fsp3) is 0.350. The molecule has 4 rings (SSSR count). The zero-order chi connectivity index (χ0) is 18.9. The third-order valence-electron chi connectivity index (χ3n) is 5.11. The van der Waals surface area contributed by atoms with E-state index in [1.165, 1.54) is 16.9 Å². The molecule has 2 heterocycles. The molecule has 1 aliphatic carbocycles. The van der Waals surface area contributed by atoms with Crippen LogP contribution in [0.4, 0.5) is 5.00 Å². The molecular weight excluding hydrogens is 360 g/mol. The van der Waals surface area contributed by atoms with Gasteiger partial charge in [-0.1, -0.05) is 37.1 Å². The van der Waals surface area contributed by atoms with Crippen LogP contribution in [0.3, 0.4) is 0 Å². The smallest absolute Gasteiger partial charge is 0.260 e. The van der Waals surface area contributed by atoms with Crippen molar-refractivity contribution in [2.24, 2.45) is 5.73 Å². The first-order valence-corrected chi connectivity index (χ1v) is 10.1. The highest BCUT2D eigenvalue weighted by atomic mass is 32.1. The Bertz CT molecular complexity index is 939. The highest BCUT2D eigenvalue weighted by Crippen LogP contribution is 2.37. The molecule has 0 radical (unpaired) electrons. The third-order valence-corrected chi connectivity index (χ3v) is 5.94. The number of nitrogens with zero attached hydrogens (tertiary/aromatic N) is 2. The quantitative estimate of drug-likeness (QED) is 0.684. The number of hydrogen-bond acceptors (Lipinski definition) is 6. The topological polar surface area (TPSA) is 94.0 Å². The number of nitrogens with two attached hydrogens (primary N) is 1. The van der Waals surface area contributed by atoms with Gasteiger partial charge in [0.2, 0.25) is 0 Å². The molecule has 140 valence electrons. The van der Waals surface area contributed by atoms with Crippen molar-refractivity contribution >= 4 is 22.2 Å². The third kappa shape index (κ3) is 3.52. The standard InChI is InChI=1S/C20H22N4O2S/c1-2-13-5-7-14(8-6-13)16(25)22-18-15(9-12-27-18)17-23-19(24-26-17)20(21)10-3-4-11-20/h5-9,12H,2-4,10-11,21H2,1H3,(H,22,25). The summed E-state index contributed by atoms with van der Waals surface area (Å²) in [6, 6.07) is 9.48. The molecule has 1 amide bonds. The number of aryl methyl sites for hydroxylation is 1. The Morgan fingerprint density at radius 3 is 2.70 bits per heavy atom. The molecule has 0 unspecified atom stereocenters. The minimum absolute atomic E-state index is 0.160. The highest BCUT2D eigenvalue weighted by Gasteiger charge is 2.36. The molecule has 1 aromatic carbocycles. The van der Waals surface area contributed by atoms with Crippen LogP contribution < -0.4 is 11.1 Å². The number of hydrogen-bond donors (Lipinski definition) is 2. The van der Waals surface area contributed by atoms with Crippen molar-refractivity contribution in [1.29, 1.82) is 0 Å². The predicted molar refractivity (Wildman–Crippen MR) is 106 cm³/mol. The molecule has 0 aliphatic heterocycles. The van der Waals surface area contributed by atoms with Crippen LogP contribution in [0.25, 0.3) is 11.5 Å². The van der Waals surface area contributed by atoms with Gasteiger partial charge in [-0.15, -0.1) is 11.3 Å². The average Bonchev–Trinajstić information content (AvgIpc) is 3.42. The van der Waals surface area contributed by atoms with Gasteiger partial charge in [0.25, 0.3) is 11.8 Å². The van der Waals surface area contributed by atoms with Gasteiger partial charge in [0.05, 0.1) is 11.1 Å². The Labute approximate surface area is 161 Å². The summed E-state index contributed by atoms with van der Waals surface area (Å²) in [4.78, 5) is 17.1. The van der Waals surface area contributed by atoms with E-state index in [1.807, 2.05) is 35.7 Å². The van der Waals surface area contributed by atoms with Crippen molar-refractivity contribution in [1.82, 2.24) is 10.1 Å². The van der Waals surface area contributed by atoms with Gasteiger partial charge in [-0.05, 0) is 48.4 Å². The maximum Gasteiger partial charge on any atom is 0.260 e. The molecule has 1 fully saturated rings. The number of benzene rings is 1. The van der Waals surface area contributed by atoms with E-state index in [1.54, 1.807) is 0 Å². The SMILES string of the molecule is CCc1ccc(C(=O)Nc2sccc2-c2nc(C3(N)CCCC3)no2)cc1. The summed E-state index contributed by atoms with van der Waals surface area (Å²) in [6.07, 6.45) is 4.84. The van der Waals surface area contributed by atoms with E-state index in [2.05, 4.69) is 22.4 Å². The van der Waals surface area contributed by atoms with Crippen molar-refractivity contribution in [2.75, 3.05) is 5.32 Å². The molecule has 1 saturated carbocycles. The van der Waals surface area contributed by atoms with Crippen molar-refractivity contribution < 1.29 is 9.32 Å². The Morgan fingerprint density at radius 2 is 2.00 bits per heavy atom. The second-order valence-electron chi connectivity index (χ2n) is 6.95. The molecule has 3 aromatic rings. The van der Waals surface area contributed by atoms with Crippen molar-refractivity contribution in [3.05, 3.63) is 52.7 Å². The Balaban J connectivity index is 1.54. The summed E-state index contributed by atoms with van der Waals surface area (Å²) in [7, 11) is 0. The van der Waals surface area contributed by atoms with Crippen molar-refractivity contribution in [2.45, 2.75) is 44.6 Å². The first-order valence-electron chi connectivity index (χ1n) is 9.20. The zero-order valence-corrected chi connectivity index (χ0v) is 16.0. The number of thiophene rings is 1. The number of carbonyl (C=O) groups excluding carboxylic acids is 1. The molecule has 6 nitrogen and oxygen atoms in total. The van der Waals surface area contributed by atoms with E-state index in [-0.39, 0.29) is 5.91 Å². The largest absolute Gasteiger partial charge is 0.334 e. The molecule has 7 heteroatoms. The van der Waals surface area contributed by atoms with Crippen LogP contribution in [0, 0.1) is 0 Å². The molecule has 0 atom stereocenters. The molecule has 3 N–H and O–H groups in total. The number of amides is 1. The van der Waals surface area contributed by atoms with Crippen LogP contribution in [0.2, 0.25) is 0 Å². The lowest BCUT2D eigenvalue weighted by atomic mass is 9.99. The van der Waals surface area contributed by atoms with Crippen LogP contribution in [-0.4, -0.2) is 16.0 Å². The van der Waals surface area contributed by atoms with E-state index in [0.717, 1.165) is 37.7 Å². The number of anilines is 1. The molecule has 27 heavy (non-hydrogen) atoms. The van der Waals surface area contributed by atoms with Gasteiger partial charge in [0.15, 0.2) is 5.82 Å². The summed E-state index contributed by atoms with van der Waals surface area (Å²) in [5.74, 6) is 0.778. The molecule has 1 aliphatic rings. The number of aromatic nitrogens is 2. The summed E-state index contributed by atoms with van der Waals surface area (Å²) in [5, 5.41) is 9.63. The van der Waals surface area contributed by atoms with Gasteiger partial charge in [-0.2, -0.15) is 4.98 Å². The lowest BCUT2D eigenvalue weighted by molar-refractivity contribution is 0.102. The Kier molecular flexibility index (Phi) is 4.80. The molecular formula is C20H22N4O2S. The fourth-order valence-electron chi connectivity index (χ4n) is 3.41. The number of nitrogens with one attached hydrogen (secondary N) is 1. The minimum atomic E-state index is -0.498. The second-order valence-corrected chi connectivity index (χ2v) is 7.87. The van der Waals surface area contributed by atoms with Gasteiger partial charge in [0.1, 0.15) is 5.00 Å². The van der Waals surface area contributed by atoms with Crippen LogP contribution in [0.5, 0.6) is 0 Å². The molecule has 2 aromatic heterocycles. The van der Waals surface area contributed by atoms with Crippen molar-refractivity contribution in [3.8, 4) is 11.5 Å². The maximum absolute atomic E-state index is 12.6. The van der Waals surface area contributed by atoms with Gasteiger partial charge in [-0.25, -0.2) is 0 Å². The summed E-state index contributed by atoms with van der Waals surface area (Å²) in [5.41, 5.74) is 8.45. The lowest BCUT2D eigenvalue weighted by Crippen LogP contribution is -2.34. The van der Waals surface area contributed by atoms with E-state index in [0.29, 0.717) is 22.3 Å². The molecule has 0 bridgehead atoms. The van der Waals surface area contributed by atoms with Gasteiger partial charge < -0.3 is 15.6 Å². The van der Waals surface area contributed by atoms with E-state index >= 15 is 0 Å². The van der Waals surface area contributed by atoms with E-state index in [9.17, 15) is 4.79 Å². The first kappa shape index (κ1) is 17.9. The van der Waals surface area contributed by atoms with Gasteiger partial charge in [-0.3, -0.25) is 4.79 Å². The van der Waals surface area contributed by atoms with Crippen LogP contribution in [0.15, 0.2) is 40.2 Å². The zero-order valence-electron chi connectivity index (χ0n) is 15.2.